The van der Waals surface area contributed by atoms with E-state index in [1.165, 1.54) is 225 Å². The second-order valence-corrected chi connectivity index (χ2v) is 20.5. The third-order valence-electron chi connectivity index (χ3n) is 14.1. The molecule has 0 bridgehead atoms. The molecule has 0 aromatic rings. The number of unbranched alkanes of at least 4 members (excludes halogenated alkanes) is 32. The second kappa shape index (κ2) is 54.5. The highest BCUT2D eigenvalue weighted by molar-refractivity contribution is 5.72. The van der Waals surface area contributed by atoms with Crippen LogP contribution in [0.4, 0.5) is 0 Å². The van der Waals surface area contributed by atoms with Crippen molar-refractivity contribution in [1.82, 2.24) is 4.90 Å². The summed E-state index contributed by atoms with van der Waals surface area (Å²) in [7, 11) is 0. The molecule has 2 atom stereocenters. The average molecular weight is 933 g/mol. The van der Waals surface area contributed by atoms with Crippen molar-refractivity contribution in [2.45, 2.75) is 310 Å². The maximum Gasteiger partial charge on any atom is 0.308 e. The number of hydrogen-bond acceptors (Lipinski definition) is 6. The number of aliphatic hydroxyl groups is 1. The average Bonchev–Trinajstić information content (AvgIpc) is 3.32. The van der Waals surface area contributed by atoms with Gasteiger partial charge in [-0.2, -0.15) is 0 Å². The molecule has 0 radical (unpaired) electrons. The van der Waals surface area contributed by atoms with Crippen LogP contribution < -0.4 is 0 Å². The zero-order valence-electron chi connectivity index (χ0n) is 45.2. The van der Waals surface area contributed by atoms with Crippen LogP contribution in [0.15, 0.2) is 12.2 Å². The van der Waals surface area contributed by atoms with Gasteiger partial charge >= 0.3 is 11.9 Å². The van der Waals surface area contributed by atoms with Crippen LogP contribution in [0.5, 0.6) is 0 Å². The number of carbonyl (C=O) groups is 2. The number of nitrogens with zero attached hydrogens (tertiary/aromatic N) is 1. The summed E-state index contributed by atoms with van der Waals surface area (Å²) in [5, 5.41) is 9.35. The molecule has 0 aromatic heterocycles. The monoisotopic (exact) mass is 932 g/mol. The highest BCUT2D eigenvalue weighted by Gasteiger charge is 2.20. The van der Waals surface area contributed by atoms with E-state index in [1.807, 2.05) is 0 Å². The normalized spacial score (nSPS) is 12.7. The molecule has 2 unspecified atom stereocenters. The summed E-state index contributed by atoms with van der Waals surface area (Å²) in [6.07, 6.45) is 58.2. The lowest BCUT2D eigenvalue weighted by Gasteiger charge is -2.22. The van der Waals surface area contributed by atoms with Gasteiger partial charge in [0, 0.05) is 6.61 Å². The number of rotatable bonds is 55. The van der Waals surface area contributed by atoms with E-state index in [1.54, 1.807) is 0 Å². The van der Waals surface area contributed by atoms with Gasteiger partial charge in [-0.15, -0.1) is 0 Å². The van der Waals surface area contributed by atoms with E-state index < -0.39 is 0 Å². The van der Waals surface area contributed by atoms with E-state index in [9.17, 15) is 14.7 Å². The summed E-state index contributed by atoms with van der Waals surface area (Å²) in [5.74, 6) is 0.322. The van der Waals surface area contributed by atoms with E-state index in [4.69, 9.17) is 9.47 Å². The van der Waals surface area contributed by atoms with E-state index in [2.05, 4.69) is 44.7 Å². The predicted molar refractivity (Wildman–Crippen MR) is 287 cm³/mol. The SMILES string of the molecule is CC/C=C/CCC(CCCCCCCC)C(=O)OCCCCCCCCCCCCN(CCCCO)CCCCCCCCCCCCOC(=O)C(CCCCCC)CCCCCCCC. The largest absolute Gasteiger partial charge is 0.465 e. The van der Waals surface area contributed by atoms with Crippen molar-refractivity contribution >= 4 is 11.9 Å². The van der Waals surface area contributed by atoms with Gasteiger partial charge in [-0.3, -0.25) is 9.59 Å². The Morgan fingerprint density at radius 3 is 1.05 bits per heavy atom. The molecule has 0 aliphatic heterocycles. The van der Waals surface area contributed by atoms with Crippen LogP contribution in [0.1, 0.15) is 310 Å². The van der Waals surface area contributed by atoms with Crippen molar-refractivity contribution in [2.75, 3.05) is 39.5 Å². The second-order valence-electron chi connectivity index (χ2n) is 20.5. The number of carbonyl (C=O) groups excluding carboxylic acids is 2. The number of allylic oxidation sites excluding steroid dienone is 2. The fourth-order valence-electron chi connectivity index (χ4n) is 9.57. The molecule has 0 aliphatic carbocycles. The van der Waals surface area contributed by atoms with Gasteiger partial charge in [-0.25, -0.2) is 0 Å². The van der Waals surface area contributed by atoms with E-state index >= 15 is 0 Å². The van der Waals surface area contributed by atoms with Crippen molar-refractivity contribution in [3.63, 3.8) is 0 Å². The lowest BCUT2D eigenvalue weighted by molar-refractivity contribution is -0.150. The molecule has 6 nitrogen and oxygen atoms in total. The zero-order valence-corrected chi connectivity index (χ0v) is 45.2. The van der Waals surface area contributed by atoms with Gasteiger partial charge in [0.05, 0.1) is 25.0 Å². The minimum Gasteiger partial charge on any atom is -0.465 e. The molecule has 0 fully saturated rings. The Balaban J connectivity index is 3.97. The van der Waals surface area contributed by atoms with Crippen LogP contribution in [0, 0.1) is 11.8 Å². The quantitative estimate of drug-likeness (QED) is 0.0372. The maximum absolute atomic E-state index is 12.9. The smallest absolute Gasteiger partial charge is 0.308 e. The van der Waals surface area contributed by atoms with Crippen molar-refractivity contribution < 1.29 is 24.2 Å². The molecular weight excluding hydrogens is 815 g/mol. The number of ether oxygens (including phenoxy) is 2. The Kier molecular flexibility index (Phi) is 53.4. The van der Waals surface area contributed by atoms with Gasteiger partial charge in [0.1, 0.15) is 0 Å². The number of esters is 2. The zero-order chi connectivity index (χ0) is 48.1. The van der Waals surface area contributed by atoms with E-state index in [0.29, 0.717) is 19.8 Å². The molecule has 1 N–H and O–H groups in total. The molecule has 0 heterocycles. The number of hydrogen-bond donors (Lipinski definition) is 1. The van der Waals surface area contributed by atoms with Crippen LogP contribution in [0.3, 0.4) is 0 Å². The summed E-state index contributed by atoms with van der Waals surface area (Å²) in [6.45, 7) is 14.0. The maximum atomic E-state index is 12.9. The third kappa shape index (κ3) is 46.3. The Hall–Kier alpha value is -1.40. The summed E-state index contributed by atoms with van der Waals surface area (Å²) in [5.41, 5.74) is 0. The standard InChI is InChI=1S/C60H117NO5/c1-5-9-13-17-31-39-49-57(47-37-15-11-7-3)59(63)65-55-45-35-29-25-21-19-23-27-33-41-51-61(53-43-44-54-62)52-42-34-28-24-20-22-26-30-36-46-56-66-60(64)58(48-38-16-12-8-4)50-40-32-18-14-10-6-2/h11,15,57-58,62H,5-10,12-14,16-56H2,1-4H3/b15-11+. The van der Waals surface area contributed by atoms with Crippen LogP contribution in [-0.2, 0) is 19.1 Å². The van der Waals surface area contributed by atoms with E-state index in [-0.39, 0.29) is 23.8 Å². The van der Waals surface area contributed by atoms with E-state index in [0.717, 1.165) is 77.2 Å². The van der Waals surface area contributed by atoms with Gasteiger partial charge in [-0.1, -0.05) is 245 Å². The Bertz CT molecular complexity index is 1000. The Labute approximate surface area is 413 Å². The molecule has 0 amide bonds. The Morgan fingerprint density at radius 1 is 0.379 bits per heavy atom. The lowest BCUT2D eigenvalue weighted by atomic mass is 9.94. The van der Waals surface area contributed by atoms with Crippen LogP contribution in [0.25, 0.3) is 0 Å². The number of aliphatic hydroxyl groups excluding tert-OH is 1. The first-order chi connectivity index (χ1) is 32.5. The Morgan fingerprint density at radius 2 is 0.682 bits per heavy atom. The topological polar surface area (TPSA) is 76.1 Å². The molecule has 0 aromatic carbocycles. The van der Waals surface area contributed by atoms with Crippen molar-refractivity contribution in [3.05, 3.63) is 12.2 Å². The highest BCUT2D eigenvalue weighted by Crippen LogP contribution is 2.22. The fourth-order valence-corrected chi connectivity index (χ4v) is 9.57. The lowest BCUT2D eigenvalue weighted by Crippen LogP contribution is -2.27. The van der Waals surface area contributed by atoms with Crippen molar-refractivity contribution in [1.29, 1.82) is 0 Å². The first-order valence-corrected chi connectivity index (χ1v) is 29.8. The van der Waals surface area contributed by atoms with Crippen LogP contribution in [-0.4, -0.2) is 61.4 Å². The third-order valence-corrected chi connectivity index (χ3v) is 14.1. The highest BCUT2D eigenvalue weighted by atomic mass is 16.5. The molecular formula is C60H117NO5. The van der Waals surface area contributed by atoms with Crippen molar-refractivity contribution in [2.24, 2.45) is 11.8 Å². The van der Waals surface area contributed by atoms with Gasteiger partial charge < -0.3 is 19.5 Å². The summed E-state index contributed by atoms with van der Waals surface area (Å²) >= 11 is 0. The minimum absolute atomic E-state index is 0.0501. The minimum atomic E-state index is 0.0501. The first-order valence-electron chi connectivity index (χ1n) is 29.8. The predicted octanol–water partition coefficient (Wildman–Crippen LogP) is 18.4. The molecule has 0 aliphatic rings. The molecule has 392 valence electrons. The molecule has 0 spiro atoms. The van der Waals surface area contributed by atoms with Crippen LogP contribution in [0.2, 0.25) is 0 Å². The summed E-state index contributed by atoms with van der Waals surface area (Å²) in [4.78, 5) is 28.5. The molecule has 66 heavy (non-hydrogen) atoms. The van der Waals surface area contributed by atoms with Gasteiger partial charge in [0.25, 0.3) is 0 Å². The summed E-state index contributed by atoms with van der Waals surface area (Å²) in [6, 6.07) is 0. The van der Waals surface area contributed by atoms with Gasteiger partial charge in [0.15, 0.2) is 0 Å². The molecule has 0 rings (SSSR count). The molecule has 6 heteroatoms. The molecule has 0 saturated carbocycles. The van der Waals surface area contributed by atoms with Gasteiger partial charge in [0.2, 0.25) is 0 Å². The summed E-state index contributed by atoms with van der Waals surface area (Å²) < 4.78 is 11.6. The fraction of sp³-hybridized carbons (Fsp3) is 0.933. The molecule has 0 saturated heterocycles. The van der Waals surface area contributed by atoms with Crippen molar-refractivity contribution in [3.8, 4) is 0 Å². The van der Waals surface area contributed by atoms with Gasteiger partial charge in [-0.05, 0) is 96.7 Å². The first kappa shape index (κ1) is 64.6. The van der Waals surface area contributed by atoms with Crippen LogP contribution >= 0.6 is 0 Å².